The molecule has 0 unspecified atom stereocenters. The van der Waals surface area contributed by atoms with Gasteiger partial charge in [-0.05, 0) is 25.9 Å². The second-order valence-electron chi connectivity index (χ2n) is 4.35. The van der Waals surface area contributed by atoms with Crippen LogP contribution >= 0.6 is 0 Å². The number of nitroso groups, excluding NO2 is 1. The molecule has 104 valence electrons. The Morgan fingerprint density at radius 2 is 1.83 bits per heavy atom. The SMILES string of the molecule is CC(C)(C)OC(=O)/C(N=O)=C(/O)COS(C)(=O)=O. The van der Waals surface area contributed by atoms with Crippen molar-refractivity contribution in [1.29, 1.82) is 0 Å². The third-order valence-corrected chi connectivity index (χ3v) is 1.91. The fraction of sp³-hybridized carbons (Fsp3) is 0.667. The highest BCUT2D eigenvalue weighted by Crippen LogP contribution is 2.14. The van der Waals surface area contributed by atoms with Gasteiger partial charge in [0.15, 0.2) is 5.76 Å². The number of rotatable bonds is 5. The van der Waals surface area contributed by atoms with E-state index in [-0.39, 0.29) is 0 Å². The maximum absolute atomic E-state index is 11.4. The topological polar surface area (TPSA) is 119 Å². The van der Waals surface area contributed by atoms with Crippen molar-refractivity contribution >= 4 is 16.1 Å². The molecule has 0 aromatic heterocycles. The fourth-order valence-electron chi connectivity index (χ4n) is 0.765. The lowest BCUT2D eigenvalue weighted by Crippen LogP contribution is -2.25. The van der Waals surface area contributed by atoms with E-state index in [0.717, 1.165) is 6.26 Å². The second kappa shape index (κ2) is 5.91. The highest BCUT2D eigenvalue weighted by Gasteiger charge is 2.24. The van der Waals surface area contributed by atoms with Gasteiger partial charge in [-0.15, -0.1) is 4.91 Å². The van der Waals surface area contributed by atoms with Crippen molar-refractivity contribution in [2.75, 3.05) is 12.9 Å². The minimum absolute atomic E-state index is 0.752. The van der Waals surface area contributed by atoms with Crippen molar-refractivity contribution < 1.29 is 27.2 Å². The Balaban J connectivity index is 4.94. The molecule has 0 aliphatic heterocycles. The number of nitrogens with zero attached hydrogens (tertiary/aromatic N) is 1. The summed E-state index contributed by atoms with van der Waals surface area (Å²) in [6.07, 6.45) is 0.752. The van der Waals surface area contributed by atoms with Crippen molar-refractivity contribution in [3.05, 3.63) is 16.4 Å². The summed E-state index contributed by atoms with van der Waals surface area (Å²) in [5.41, 5.74) is -1.81. The quantitative estimate of drug-likeness (QED) is 0.260. The Morgan fingerprint density at radius 1 is 1.33 bits per heavy atom. The summed E-state index contributed by atoms with van der Waals surface area (Å²) < 4.78 is 30.3. The van der Waals surface area contributed by atoms with Crippen LogP contribution in [0.25, 0.3) is 0 Å². The predicted octanol–water partition coefficient (Wildman–Crippen LogP) is 0.840. The summed E-state index contributed by atoms with van der Waals surface area (Å²) in [5.74, 6) is -2.07. The van der Waals surface area contributed by atoms with Gasteiger partial charge in [-0.1, -0.05) is 0 Å². The first-order valence-electron chi connectivity index (χ1n) is 4.79. The van der Waals surface area contributed by atoms with Gasteiger partial charge in [0.1, 0.15) is 12.2 Å². The van der Waals surface area contributed by atoms with E-state index in [1.54, 1.807) is 20.8 Å². The molecule has 1 N–H and O–H groups in total. The summed E-state index contributed by atoms with van der Waals surface area (Å²) in [6.45, 7) is 3.80. The first-order chi connectivity index (χ1) is 7.96. The highest BCUT2D eigenvalue weighted by molar-refractivity contribution is 7.85. The molecule has 0 amide bonds. The van der Waals surface area contributed by atoms with E-state index in [2.05, 4.69) is 9.36 Å². The van der Waals surface area contributed by atoms with Crippen LogP contribution < -0.4 is 0 Å². The van der Waals surface area contributed by atoms with Crippen LogP contribution in [0, 0.1) is 4.91 Å². The molecule has 0 radical (unpaired) electrons. The van der Waals surface area contributed by atoms with E-state index >= 15 is 0 Å². The molecular weight excluding hydrogens is 266 g/mol. The number of carbonyl (C=O) groups excluding carboxylic acids is 1. The monoisotopic (exact) mass is 281 g/mol. The molecule has 0 spiro atoms. The Morgan fingerprint density at radius 3 is 2.17 bits per heavy atom. The van der Waals surface area contributed by atoms with Gasteiger partial charge in [0, 0.05) is 0 Å². The van der Waals surface area contributed by atoms with Gasteiger partial charge in [-0.25, -0.2) is 4.79 Å². The van der Waals surface area contributed by atoms with Crippen molar-refractivity contribution in [3.8, 4) is 0 Å². The second-order valence-corrected chi connectivity index (χ2v) is 6.00. The molecule has 0 rings (SSSR count). The van der Waals surface area contributed by atoms with Crippen molar-refractivity contribution in [2.24, 2.45) is 5.18 Å². The van der Waals surface area contributed by atoms with Crippen LogP contribution in [0.5, 0.6) is 0 Å². The molecule has 0 atom stereocenters. The summed E-state index contributed by atoms with van der Waals surface area (Å²) in [4.78, 5) is 21.8. The lowest BCUT2D eigenvalue weighted by atomic mass is 10.2. The number of carbonyl (C=O) groups is 1. The van der Waals surface area contributed by atoms with Crippen LogP contribution in [-0.2, 0) is 23.8 Å². The molecule has 0 bridgehead atoms. The Labute approximate surface area is 105 Å². The molecule has 9 heteroatoms. The Hall–Kier alpha value is -1.48. The summed E-state index contributed by atoms with van der Waals surface area (Å²) in [7, 11) is -3.81. The molecule has 0 heterocycles. The largest absolute Gasteiger partial charge is 0.507 e. The zero-order valence-corrected chi connectivity index (χ0v) is 11.3. The number of ether oxygens (including phenoxy) is 1. The maximum Gasteiger partial charge on any atom is 0.364 e. The number of aliphatic hydroxyl groups excluding tert-OH is 1. The van der Waals surface area contributed by atoms with Gasteiger partial charge in [0.25, 0.3) is 10.1 Å². The molecule has 8 nitrogen and oxygen atoms in total. The summed E-state index contributed by atoms with van der Waals surface area (Å²) in [5, 5.41) is 11.6. The Kier molecular flexibility index (Phi) is 5.43. The minimum atomic E-state index is -3.81. The van der Waals surface area contributed by atoms with Gasteiger partial charge in [0.05, 0.1) is 6.26 Å². The van der Waals surface area contributed by atoms with E-state index < -0.39 is 39.8 Å². The van der Waals surface area contributed by atoms with Crippen LogP contribution in [-0.4, -0.2) is 38.0 Å². The molecule has 0 aliphatic rings. The van der Waals surface area contributed by atoms with E-state index in [1.807, 2.05) is 0 Å². The first-order valence-corrected chi connectivity index (χ1v) is 6.61. The van der Waals surface area contributed by atoms with Crippen molar-refractivity contribution in [1.82, 2.24) is 0 Å². The average molecular weight is 281 g/mol. The number of hydrogen-bond donors (Lipinski definition) is 1. The smallest absolute Gasteiger partial charge is 0.364 e. The maximum atomic E-state index is 11.4. The standard InChI is InChI=1S/C9H15NO7S/c1-9(2,3)17-8(12)7(10-13)6(11)5-16-18(4,14)15/h11H,5H2,1-4H3/b7-6-. The molecule has 0 aliphatic carbocycles. The van der Waals surface area contributed by atoms with E-state index in [4.69, 9.17) is 4.74 Å². The molecule has 0 aromatic carbocycles. The van der Waals surface area contributed by atoms with Crippen LogP contribution in [0.15, 0.2) is 16.6 Å². The van der Waals surface area contributed by atoms with E-state index in [1.165, 1.54) is 0 Å². The molecule has 0 saturated heterocycles. The van der Waals surface area contributed by atoms with Gasteiger partial charge in [-0.2, -0.15) is 8.42 Å². The van der Waals surface area contributed by atoms with Crippen LogP contribution in [0.4, 0.5) is 0 Å². The van der Waals surface area contributed by atoms with Gasteiger partial charge < -0.3 is 9.84 Å². The molecule has 0 fully saturated rings. The first kappa shape index (κ1) is 16.5. The predicted molar refractivity (Wildman–Crippen MR) is 62.1 cm³/mol. The zero-order valence-electron chi connectivity index (χ0n) is 10.5. The molecule has 18 heavy (non-hydrogen) atoms. The van der Waals surface area contributed by atoms with Crippen LogP contribution in [0.3, 0.4) is 0 Å². The number of esters is 1. The lowest BCUT2D eigenvalue weighted by molar-refractivity contribution is -0.150. The van der Waals surface area contributed by atoms with Gasteiger partial charge >= 0.3 is 5.97 Å². The summed E-state index contributed by atoms with van der Waals surface area (Å²) >= 11 is 0. The highest BCUT2D eigenvalue weighted by atomic mass is 32.2. The third-order valence-electron chi connectivity index (χ3n) is 1.37. The minimum Gasteiger partial charge on any atom is -0.507 e. The zero-order chi connectivity index (χ0) is 14.6. The molecule has 0 saturated carbocycles. The van der Waals surface area contributed by atoms with E-state index in [0.29, 0.717) is 0 Å². The van der Waals surface area contributed by atoms with Crippen molar-refractivity contribution in [2.45, 2.75) is 26.4 Å². The lowest BCUT2D eigenvalue weighted by Gasteiger charge is -2.19. The van der Waals surface area contributed by atoms with Gasteiger partial charge in [0.2, 0.25) is 5.70 Å². The van der Waals surface area contributed by atoms with Crippen molar-refractivity contribution in [3.63, 3.8) is 0 Å². The van der Waals surface area contributed by atoms with Gasteiger partial charge in [-0.3, -0.25) is 4.18 Å². The fourth-order valence-corrected chi connectivity index (χ4v) is 1.09. The molecule has 0 aromatic rings. The average Bonchev–Trinajstić information content (AvgIpc) is 2.11. The Bertz CT molecular complexity index is 458. The van der Waals surface area contributed by atoms with E-state index in [9.17, 15) is 23.2 Å². The number of hydrogen-bond acceptors (Lipinski definition) is 8. The summed E-state index contributed by atoms with van der Waals surface area (Å²) in [6, 6.07) is 0. The number of aliphatic hydroxyl groups is 1. The third kappa shape index (κ3) is 6.97. The molecular formula is C9H15NO7S. The van der Waals surface area contributed by atoms with Crippen LogP contribution in [0.1, 0.15) is 20.8 Å². The normalized spacial score (nSPS) is 13.8. The van der Waals surface area contributed by atoms with Crippen LogP contribution in [0.2, 0.25) is 0 Å².